The third-order valence-corrected chi connectivity index (χ3v) is 8.12. The molecular formula is C19H19BrN2O4S2. The predicted molar refractivity (Wildman–Crippen MR) is 115 cm³/mol. The summed E-state index contributed by atoms with van der Waals surface area (Å²) < 4.78 is 31.4. The number of carbonyl (C=O) groups is 1. The number of sulfone groups is 1. The van der Waals surface area contributed by atoms with Crippen LogP contribution in [0.2, 0.25) is 0 Å². The summed E-state index contributed by atoms with van der Waals surface area (Å²) in [7, 11) is -3.89. The van der Waals surface area contributed by atoms with Crippen LogP contribution < -0.4 is 10.1 Å². The Bertz CT molecular complexity index is 1120. The number of nitrogens with zero attached hydrogens (tertiary/aromatic N) is 1. The number of rotatable bonds is 6. The Morgan fingerprint density at radius 1 is 1.21 bits per heavy atom. The van der Waals surface area contributed by atoms with Crippen LogP contribution in [-0.4, -0.2) is 30.7 Å². The van der Waals surface area contributed by atoms with E-state index in [2.05, 4.69) is 26.2 Å². The maximum Gasteiger partial charge on any atom is 0.247 e. The van der Waals surface area contributed by atoms with Crippen LogP contribution in [0.15, 0.2) is 51.8 Å². The minimum atomic E-state index is -3.89. The first-order chi connectivity index (χ1) is 13.1. The number of benzene rings is 2. The summed E-state index contributed by atoms with van der Waals surface area (Å²) in [6.07, 6.45) is 0. The van der Waals surface area contributed by atoms with Crippen LogP contribution in [0.1, 0.15) is 20.8 Å². The standard InChI is InChI=1S/C19H19BrN2O4S2/c1-4-26-13-7-10-15-16(11-13)27-18(21-15)22-17(23)19(2,3)28(24,25)14-8-5-12(20)6-9-14/h5-11H,4H2,1-3H3,(H,21,22,23). The van der Waals surface area contributed by atoms with E-state index in [4.69, 9.17) is 4.74 Å². The minimum Gasteiger partial charge on any atom is -0.494 e. The first-order valence-electron chi connectivity index (χ1n) is 8.50. The molecule has 0 bridgehead atoms. The Kier molecular flexibility index (Phi) is 5.79. The zero-order valence-corrected chi connectivity index (χ0v) is 18.7. The molecule has 0 aliphatic carbocycles. The maximum absolute atomic E-state index is 13.0. The smallest absolute Gasteiger partial charge is 0.247 e. The van der Waals surface area contributed by atoms with Crippen molar-refractivity contribution in [3.63, 3.8) is 0 Å². The van der Waals surface area contributed by atoms with Crippen molar-refractivity contribution in [2.24, 2.45) is 0 Å². The number of aromatic nitrogens is 1. The second kappa shape index (κ2) is 7.81. The van der Waals surface area contributed by atoms with E-state index >= 15 is 0 Å². The summed E-state index contributed by atoms with van der Waals surface area (Å²) in [5.74, 6) is 0.0779. The third kappa shape index (κ3) is 3.92. The molecule has 148 valence electrons. The molecule has 0 atom stereocenters. The van der Waals surface area contributed by atoms with E-state index in [0.717, 1.165) is 14.9 Å². The molecule has 28 heavy (non-hydrogen) atoms. The van der Waals surface area contributed by atoms with Gasteiger partial charge >= 0.3 is 0 Å². The van der Waals surface area contributed by atoms with Crippen LogP contribution in [0, 0.1) is 0 Å². The number of anilines is 1. The fourth-order valence-corrected chi connectivity index (χ4v) is 5.03. The lowest BCUT2D eigenvalue weighted by Crippen LogP contribution is -2.44. The van der Waals surface area contributed by atoms with Crippen LogP contribution in [0.25, 0.3) is 10.2 Å². The molecular weight excluding hydrogens is 464 g/mol. The van der Waals surface area contributed by atoms with E-state index in [1.165, 1.54) is 37.3 Å². The Morgan fingerprint density at radius 3 is 2.54 bits per heavy atom. The predicted octanol–water partition coefficient (Wildman–Crippen LogP) is 4.65. The number of hydrogen-bond donors (Lipinski definition) is 1. The second-order valence-electron chi connectivity index (χ2n) is 6.50. The summed E-state index contributed by atoms with van der Waals surface area (Å²) in [6, 6.07) is 11.7. The fraction of sp³-hybridized carbons (Fsp3) is 0.263. The van der Waals surface area contributed by atoms with Gasteiger partial charge in [0.05, 0.1) is 21.7 Å². The maximum atomic E-state index is 13.0. The topological polar surface area (TPSA) is 85.4 Å². The van der Waals surface area contributed by atoms with Crippen LogP contribution in [0.4, 0.5) is 5.13 Å². The highest BCUT2D eigenvalue weighted by Crippen LogP contribution is 2.32. The first-order valence-corrected chi connectivity index (χ1v) is 11.6. The van der Waals surface area contributed by atoms with Crippen LogP contribution in [0.5, 0.6) is 5.75 Å². The molecule has 9 heteroatoms. The van der Waals surface area contributed by atoms with Crippen LogP contribution in [0.3, 0.4) is 0 Å². The number of fused-ring (bicyclic) bond motifs is 1. The lowest BCUT2D eigenvalue weighted by molar-refractivity contribution is -0.117. The molecule has 0 aliphatic heterocycles. The lowest BCUT2D eigenvalue weighted by Gasteiger charge is -2.23. The molecule has 1 aromatic heterocycles. The third-order valence-electron chi connectivity index (χ3n) is 4.23. The van der Waals surface area contributed by atoms with E-state index in [1.54, 1.807) is 24.3 Å². The van der Waals surface area contributed by atoms with Gasteiger partial charge in [-0.1, -0.05) is 27.3 Å². The van der Waals surface area contributed by atoms with Crippen LogP contribution in [-0.2, 0) is 14.6 Å². The molecule has 0 unspecified atom stereocenters. The zero-order valence-electron chi connectivity index (χ0n) is 15.5. The van der Waals surface area contributed by atoms with Crippen molar-refractivity contribution < 1.29 is 17.9 Å². The molecule has 1 heterocycles. The second-order valence-corrected chi connectivity index (χ2v) is 10.9. The highest BCUT2D eigenvalue weighted by atomic mass is 79.9. The Hall–Kier alpha value is -1.97. The molecule has 0 radical (unpaired) electrons. The molecule has 2 aromatic carbocycles. The summed E-state index contributed by atoms with van der Waals surface area (Å²) in [4.78, 5) is 17.3. The molecule has 0 aliphatic rings. The van der Waals surface area contributed by atoms with Gasteiger partial charge in [-0.05, 0) is 63.2 Å². The summed E-state index contributed by atoms with van der Waals surface area (Å²) in [6.45, 7) is 5.23. The molecule has 1 amide bonds. The van der Waals surface area contributed by atoms with E-state index < -0.39 is 20.5 Å². The van der Waals surface area contributed by atoms with Gasteiger partial charge in [0.25, 0.3) is 0 Å². The van der Waals surface area contributed by atoms with Gasteiger partial charge in [-0.25, -0.2) is 13.4 Å². The quantitative estimate of drug-likeness (QED) is 0.552. The molecule has 6 nitrogen and oxygen atoms in total. The summed E-state index contributed by atoms with van der Waals surface area (Å²) in [5, 5.41) is 2.99. The van der Waals surface area contributed by atoms with Crippen molar-refractivity contribution in [2.45, 2.75) is 30.4 Å². The Morgan fingerprint density at radius 2 is 1.89 bits per heavy atom. The molecule has 0 saturated heterocycles. The normalized spacial score (nSPS) is 12.1. The van der Waals surface area contributed by atoms with Gasteiger partial charge in [0.15, 0.2) is 15.0 Å². The molecule has 3 rings (SSSR count). The van der Waals surface area contributed by atoms with E-state index in [9.17, 15) is 13.2 Å². The summed E-state index contributed by atoms with van der Waals surface area (Å²) in [5.41, 5.74) is 0.706. The van der Waals surface area contributed by atoms with Gasteiger partial charge in [0.1, 0.15) is 10.5 Å². The SMILES string of the molecule is CCOc1ccc2nc(NC(=O)C(C)(C)S(=O)(=O)c3ccc(Br)cc3)sc2c1. The van der Waals surface area contributed by atoms with Gasteiger partial charge in [-0.3, -0.25) is 4.79 Å². The first kappa shape index (κ1) is 20.8. The number of hydrogen-bond acceptors (Lipinski definition) is 6. The van der Waals surface area contributed by atoms with Gasteiger partial charge in [0.2, 0.25) is 5.91 Å². The molecule has 0 fully saturated rings. The van der Waals surface area contributed by atoms with Crippen LogP contribution >= 0.6 is 27.3 Å². The van der Waals surface area contributed by atoms with E-state index in [0.29, 0.717) is 17.3 Å². The van der Waals surface area contributed by atoms with Crippen molar-refractivity contribution in [1.29, 1.82) is 0 Å². The van der Waals surface area contributed by atoms with Crippen molar-refractivity contribution in [3.8, 4) is 5.75 Å². The Balaban J connectivity index is 1.86. The largest absolute Gasteiger partial charge is 0.494 e. The highest BCUT2D eigenvalue weighted by molar-refractivity contribution is 9.10. The van der Waals surface area contributed by atoms with Crippen molar-refractivity contribution in [2.75, 3.05) is 11.9 Å². The number of amides is 1. The molecule has 0 saturated carbocycles. The summed E-state index contributed by atoms with van der Waals surface area (Å²) >= 11 is 4.54. The Labute approximate surface area is 176 Å². The highest BCUT2D eigenvalue weighted by Gasteiger charge is 2.43. The zero-order chi connectivity index (χ0) is 20.5. The number of thiazole rings is 1. The van der Waals surface area contributed by atoms with Gasteiger partial charge in [0, 0.05) is 4.47 Å². The minimum absolute atomic E-state index is 0.0847. The number of nitrogens with one attached hydrogen (secondary N) is 1. The van der Waals surface area contributed by atoms with Crippen molar-refractivity contribution in [1.82, 2.24) is 4.98 Å². The fourth-order valence-electron chi connectivity index (χ4n) is 2.49. The average Bonchev–Trinajstić information content (AvgIpc) is 3.03. The van der Waals surface area contributed by atoms with E-state index in [1.807, 2.05) is 13.0 Å². The van der Waals surface area contributed by atoms with Crippen molar-refractivity contribution in [3.05, 3.63) is 46.9 Å². The van der Waals surface area contributed by atoms with Gasteiger partial charge in [-0.15, -0.1) is 0 Å². The van der Waals surface area contributed by atoms with E-state index in [-0.39, 0.29) is 4.90 Å². The number of ether oxygens (including phenoxy) is 1. The molecule has 1 N–H and O–H groups in total. The number of halogens is 1. The van der Waals surface area contributed by atoms with Gasteiger partial charge in [-0.2, -0.15) is 0 Å². The molecule has 0 spiro atoms. The lowest BCUT2D eigenvalue weighted by atomic mass is 10.2. The number of carbonyl (C=O) groups excluding carboxylic acids is 1. The molecule has 3 aromatic rings. The van der Waals surface area contributed by atoms with Gasteiger partial charge < -0.3 is 10.1 Å². The van der Waals surface area contributed by atoms with Crippen molar-refractivity contribution >= 4 is 58.4 Å². The average molecular weight is 483 g/mol. The monoisotopic (exact) mass is 482 g/mol.